The van der Waals surface area contributed by atoms with Crippen molar-refractivity contribution in [2.24, 2.45) is 5.92 Å². The summed E-state index contributed by atoms with van der Waals surface area (Å²) in [5.74, 6) is 0.414. The van der Waals surface area contributed by atoms with Crippen LogP contribution in [0.3, 0.4) is 0 Å². The normalized spacial score (nSPS) is 11.8. The van der Waals surface area contributed by atoms with Crippen molar-refractivity contribution >= 4 is 21.4 Å². The average molecular weight is 368 g/mol. The number of rotatable bonds is 5. The lowest BCUT2D eigenvalue weighted by Gasteiger charge is -2.16. The number of hydrogen-bond donors (Lipinski definition) is 0. The SMILES string of the molecule is Cc1cc(C)c(S(=O)(=O)c2cccc(Cl)c2C)c(OCC(C)C)n1. The molecular formula is C18H22ClNO3S. The summed E-state index contributed by atoms with van der Waals surface area (Å²) < 4.78 is 32.2. The van der Waals surface area contributed by atoms with Crippen LogP contribution in [-0.4, -0.2) is 20.0 Å². The third kappa shape index (κ3) is 3.73. The van der Waals surface area contributed by atoms with Crippen molar-refractivity contribution in [1.82, 2.24) is 4.98 Å². The molecule has 0 unspecified atom stereocenters. The van der Waals surface area contributed by atoms with Gasteiger partial charge in [0.05, 0.1) is 11.5 Å². The fourth-order valence-corrected chi connectivity index (χ4v) is 4.49. The van der Waals surface area contributed by atoms with Crippen LogP contribution >= 0.6 is 11.6 Å². The van der Waals surface area contributed by atoms with Crippen LogP contribution in [0.15, 0.2) is 34.1 Å². The Morgan fingerprint density at radius 1 is 1.21 bits per heavy atom. The number of pyridine rings is 1. The van der Waals surface area contributed by atoms with Gasteiger partial charge in [0.15, 0.2) is 0 Å². The topological polar surface area (TPSA) is 56.3 Å². The number of halogens is 1. The first-order valence-corrected chi connectivity index (χ1v) is 9.62. The summed E-state index contributed by atoms with van der Waals surface area (Å²) >= 11 is 6.10. The zero-order chi connectivity index (χ0) is 18.1. The molecule has 0 fully saturated rings. The maximum absolute atomic E-state index is 13.2. The molecule has 4 nitrogen and oxygen atoms in total. The van der Waals surface area contributed by atoms with Crippen molar-refractivity contribution in [2.45, 2.75) is 44.4 Å². The number of benzene rings is 1. The summed E-state index contributed by atoms with van der Waals surface area (Å²) in [7, 11) is -3.79. The van der Waals surface area contributed by atoms with Crippen LogP contribution in [0.2, 0.25) is 5.02 Å². The van der Waals surface area contributed by atoms with E-state index in [1.807, 2.05) is 20.8 Å². The summed E-state index contributed by atoms with van der Waals surface area (Å²) in [5, 5.41) is 0.415. The first-order valence-electron chi connectivity index (χ1n) is 7.75. The molecule has 0 aliphatic carbocycles. The van der Waals surface area contributed by atoms with Crippen LogP contribution in [0.25, 0.3) is 0 Å². The Morgan fingerprint density at radius 3 is 2.50 bits per heavy atom. The van der Waals surface area contributed by atoms with Gasteiger partial charge in [-0.3, -0.25) is 0 Å². The molecule has 0 amide bonds. The monoisotopic (exact) mass is 367 g/mol. The molecule has 2 rings (SSSR count). The molecule has 0 bridgehead atoms. The summed E-state index contributed by atoms with van der Waals surface area (Å²) in [6, 6.07) is 6.61. The molecule has 0 N–H and O–H groups in total. The molecule has 0 atom stereocenters. The Balaban J connectivity index is 2.67. The number of aromatic nitrogens is 1. The average Bonchev–Trinajstić information content (AvgIpc) is 2.46. The molecule has 0 aliphatic rings. The molecule has 0 radical (unpaired) electrons. The van der Waals surface area contributed by atoms with E-state index in [0.29, 0.717) is 28.5 Å². The second kappa shape index (κ2) is 7.11. The fraction of sp³-hybridized carbons (Fsp3) is 0.389. The Kier molecular flexibility index (Phi) is 5.56. The number of aryl methyl sites for hydroxylation is 2. The smallest absolute Gasteiger partial charge is 0.233 e. The van der Waals surface area contributed by atoms with Gasteiger partial charge in [0.1, 0.15) is 4.90 Å². The zero-order valence-electron chi connectivity index (χ0n) is 14.6. The van der Waals surface area contributed by atoms with Gasteiger partial charge in [0.2, 0.25) is 15.7 Å². The third-order valence-corrected chi connectivity index (χ3v) is 6.05. The highest BCUT2D eigenvalue weighted by atomic mass is 35.5. The lowest BCUT2D eigenvalue weighted by Crippen LogP contribution is -2.13. The minimum Gasteiger partial charge on any atom is -0.476 e. The molecule has 24 heavy (non-hydrogen) atoms. The summed E-state index contributed by atoms with van der Waals surface area (Å²) in [5.41, 5.74) is 1.85. The van der Waals surface area contributed by atoms with Crippen molar-refractivity contribution in [1.29, 1.82) is 0 Å². The molecule has 0 spiro atoms. The van der Waals surface area contributed by atoms with E-state index in [0.717, 1.165) is 0 Å². The van der Waals surface area contributed by atoms with Crippen molar-refractivity contribution in [2.75, 3.05) is 6.61 Å². The molecular weight excluding hydrogens is 346 g/mol. The predicted molar refractivity (Wildman–Crippen MR) is 95.7 cm³/mol. The lowest BCUT2D eigenvalue weighted by atomic mass is 10.2. The largest absolute Gasteiger partial charge is 0.476 e. The highest BCUT2D eigenvalue weighted by molar-refractivity contribution is 7.91. The number of sulfone groups is 1. The van der Waals surface area contributed by atoms with Gasteiger partial charge in [-0.25, -0.2) is 13.4 Å². The second-order valence-electron chi connectivity index (χ2n) is 6.29. The Labute approximate surface area is 148 Å². The van der Waals surface area contributed by atoms with E-state index < -0.39 is 9.84 Å². The number of ether oxygens (including phenoxy) is 1. The molecule has 0 aliphatic heterocycles. The van der Waals surface area contributed by atoms with Crippen molar-refractivity contribution < 1.29 is 13.2 Å². The van der Waals surface area contributed by atoms with Gasteiger partial charge in [-0.15, -0.1) is 0 Å². The van der Waals surface area contributed by atoms with Gasteiger partial charge >= 0.3 is 0 Å². The highest BCUT2D eigenvalue weighted by Gasteiger charge is 2.28. The first-order chi connectivity index (χ1) is 11.1. The lowest BCUT2D eigenvalue weighted by molar-refractivity contribution is 0.253. The molecule has 0 saturated carbocycles. The molecule has 0 saturated heterocycles. The van der Waals surface area contributed by atoms with E-state index in [9.17, 15) is 8.42 Å². The number of hydrogen-bond acceptors (Lipinski definition) is 4. The quantitative estimate of drug-likeness (QED) is 0.779. The van der Waals surface area contributed by atoms with Crippen molar-refractivity contribution in [3.8, 4) is 5.88 Å². The summed E-state index contributed by atoms with van der Waals surface area (Å²) in [6.07, 6.45) is 0. The first kappa shape index (κ1) is 18.7. The van der Waals surface area contributed by atoms with E-state index in [1.165, 1.54) is 0 Å². The standard InChI is InChI=1S/C18H22ClNO3S/c1-11(2)10-23-18-17(12(3)9-13(4)20-18)24(21,22)16-8-6-7-15(19)14(16)5/h6-9,11H,10H2,1-5H3. The van der Waals surface area contributed by atoms with Crippen LogP contribution in [0, 0.1) is 26.7 Å². The van der Waals surface area contributed by atoms with E-state index in [2.05, 4.69) is 4.98 Å². The van der Waals surface area contributed by atoms with Crippen molar-refractivity contribution in [3.05, 3.63) is 46.1 Å². The highest BCUT2D eigenvalue weighted by Crippen LogP contribution is 2.34. The van der Waals surface area contributed by atoms with Gasteiger partial charge < -0.3 is 4.74 Å². The molecule has 1 heterocycles. The van der Waals surface area contributed by atoms with E-state index >= 15 is 0 Å². The van der Waals surface area contributed by atoms with E-state index in [-0.39, 0.29) is 21.6 Å². The van der Waals surface area contributed by atoms with Crippen LogP contribution in [0.5, 0.6) is 5.88 Å². The molecule has 130 valence electrons. The van der Waals surface area contributed by atoms with Gasteiger partial charge in [-0.05, 0) is 56.0 Å². The molecule has 1 aromatic heterocycles. The Hall–Kier alpha value is -1.59. The van der Waals surface area contributed by atoms with Crippen molar-refractivity contribution in [3.63, 3.8) is 0 Å². The van der Waals surface area contributed by atoms with Gasteiger partial charge in [-0.2, -0.15) is 0 Å². The second-order valence-corrected chi connectivity index (χ2v) is 8.55. The van der Waals surface area contributed by atoms with Crippen LogP contribution in [-0.2, 0) is 9.84 Å². The number of nitrogens with zero attached hydrogens (tertiary/aromatic N) is 1. The minimum absolute atomic E-state index is 0.110. The summed E-state index contributed by atoms with van der Waals surface area (Å²) in [4.78, 5) is 4.60. The zero-order valence-corrected chi connectivity index (χ0v) is 16.1. The van der Waals surface area contributed by atoms with Crippen LogP contribution in [0.1, 0.15) is 30.7 Å². The molecule has 2 aromatic rings. The van der Waals surface area contributed by atoms with Gasteiger partial charge in [0.25, 0.3) is 0 Å². The van der Waals surface area contributed by atoms with Gasteiger partial charge in [-0.1, -0.05) is 31.5 Å². The van der Waals surface area contributed by atoms with Gasteiger partial charge in [0, 0.05) is 10.7 Å². The molecule has 6 heteroatoms. The summed E-state index contributed by atoms with van der Waals surface area (Å²) in [6.45, 7) is 9.66. The third-order valence-electron chi connectivity index (χ3n) is 3.59. The predicted octanol–water partition coefficient (Wildman–Crippen LogP) is 4.53. The minimum atomic E-state index is -3.79. The van der Waals surface area contributed by atoms with E-state index in [4.69, 9.17) is 16.3 Å². The Morgan fingerprint density at radius 2 is 1.88 bits per heavy atom. The van der Waals surface area contributed by atoms with Crippen LogP contribution < -0.4 is 4.74 Å². The maximum atomic E-state index is 13.2. The maximum Gasteiger partial charge on any atom is 0.233 e. The Bertz CT molecular complexity index is 861. The molecule has 1 aromatic carbocycles. The fourth-order valence-electron chi connectivity index (χ4n) is 2.45. The van der Waals surface area contributed by atoms with Crippen LogP contribution in [0.4, 0.5) is 0 Å². The van der Waals surface area contributed by atoms with E-state index in [1.54, 1.807) is 38.1 Å².